The van der Waals surface area contributed by atoms with Crippen molar-refractivity contribution in [1.29, 1.82) is 0 Å². The normalized spacial score (nSPS) is 18.1. The van der Waals surface area contributed by atoms with Crippen molar-refractivity contribution in [3.63, 3.8) is 0 Å². The van der Waals surface area contributed by atoms with Gasteiger partial charge in [0.1, 0.15) is 23.2 Å². The van der Waals surface area contributed by atoms with E-state index in [-0.39, 0.29) is 11.6 Å². The first kappa shape index (κ1) is 25.5. The zero-order chi connectivity index (χ0) is 25.9. The molecule has 5 heterocycles. The molecule has 0 bridgehead atoms. The number of ether oxygens (including phenoxy) is 1. The molecule has 2 aliphatic heterocycles. The maximum Gasteiger partial charge on any atom is 0.573 e. The zero-order valence-corrected chi connectivity index (χ0v) is 21.2. The molecule has 0 unspecified atom stereocenters. The van der Waals surface area contributed by atoms with E-state index in [4.69, 9.17) is 4.98 Å². The molecule has 0 atom stereocenters. The highest BCUT2D eigenvalue weighted by Gasteiger charge is 2.38. The van der Waals surface area contributed by atoms with Crippen molar-refractivity contribution in [3.8, 4) is 17.1 Å². The molecule has 2 aliphatic rings. The van der Waals surface area contributed by atoms with Gasteiger partial charge in [-0.25, -0.2) is 15.0 Å². The first-order valence-electron chi connectivity index (χ1n) is 12.1. The summed E-state index contributed by atoms with van der Waals surface area (Å²) in [6.45, 7) is 4.00. The molecular formula is C25H28F3N7OS. The Morgan fingerprint density at radius 1 is 1.03 bits per heavy atom. The van der Waals surface area contributed by atoms with E-state index in [1.54, 1.807) is 12.4 Å². The predicted octanol–water partition coefficient (Wildman–Crippen LogP) is 5.54. The number of piperidine rings is 2. The highest BCUT2D eigenvalue weighted by molar-refractivity contribution is 7.96. The summed E-state index contributed by atoms with van der Waals surface area (Å²) in [6, 6.07) is 7.83. The minimum Gasteiger partial charge on any atom is -0.406 e. The van der Waals surface area contributed by atoms with E-state index in [1.807, 2.05) is 30.1 Å². The molecule has 0 radical (unpaired) electrons. The lowest BCUT2D eigenvalue weighted by atomic mass is 9.73. The van der Waals surface area contributed by atoms with Gasteiger partial charge in [0.15, 0.2) is 5.82 Å². The molecule has 37 heavy (non-hydrogen) atoms. The van der Waals surface area contributed by atoms with Gasteiger partial charge in [-0.3, -0.25) is 9.29 Å². The van der Waals surface area contributed by atoms with Gasteiger partial charge in [0.05, 0.1) is 0 Å². The molecule has 196 valence electrons. The molecule has 5 rings (SSSR count). The average Bonchev–Trinajstić information content (AvgIpc) is 2.89. The maximum atomic E-state index is 12.7. The second-order valence-corrected chi connectivity index (χ2v) is 10.2. The fourth-order valence-corrected chi connectivity index (χ4v) is 5.74. The Balaban J connectivity index is 1.39. The zero-order valence-electron chi connectivity index (χ0n) is 20.4. The first-order valence-corrected chi connectivity index (χ1v) is 13.3. The van der Waals surface area contributed by atoms with Crippen LogP contribution in [0.1, 0.15) is 25.7 Å². The van der Waals surface area contributed by atoms with Crippen LogP contribution >= 0.6 is 11.9 Å². The molecular weight excluding hydrogens is 503 g/mol. The Kier molecular flexibility index (Phi) is 7.38. The van der Waals surface area contributed by atoms with Crippen molar-refractivity contribution in [2.45, 2.75) is 32.0 Å². The van der Waals surface area contributed by atoms with Crippen LogP contribution in [0.15, 0.2) is 48.9 Å². The third-order valence-corrected chi connectivity index (χ3v) is 7.71. The highest BCUT2D eigenvalue weighted by atomic mass is 32.2. The van der Waals surface area contributed by atoms with E-state index < -0.39 is 6.36 Å². The van der Waals surface area contributed by atoms with Gasteiger partial charge in [-0.15, -0.1) is 13.2 Å². The van der Waals surface area contributed by atoms with Gasteiger partial charge in [-0.05, 0) is 55.6 Å². The average molecular weight is 532 g/mol. The third kappa shape index (κ3) is 6.42. The lowest BCUT2D eigenvalue weighted by Crippen LogP contribution is -2.48. The van der Waals surface area contributed by atoms with Crippen molar-refractivity contribution in [3.05, 3.63) is 48.9 Å². The van der Waals surface area contributed by atoms with E-state index in [1.165, 1.54) is 25.1 Å². The monoisotopic (exact) mass is 531 g/mol. The van der Waals surface area contributed by atoms with Gasteiger partial charge in [-0.2, -0.15) is 0 Å². The van der Waals surface area contributed by atoms with E-state index in [0.717, 1.165) is 56.5 Å². The molecule has 0 amide bonds. The number of pyridine rings is 2. The van der Waals surface area contributed by atoms with Crippen LogP contribution in [0.5, 0.6) is 5.75 Å². The van der Waals surface area contributed by atoms with Gasteiger partial charge in [0.2, 0.25) is 0 Å². The lowest BCUT2D eigenvalue weighted by Gasteiger charge is -2.47. The van der Waals surface area contributed by atoms with E-state index in [9.17, 15) is 13.2 Å². The van der Waals surface area contributed by atoms with Crippen LogP contribution in [0.4, 0.5) is 30.6 Å². The van der Waals surface area contributed by atoms with Crippen LogP contribution in [-0.2, 0) is 0 Å². The Labute approximate surface area is 217 Å². The standard InChI is InChI=1S/C25H28F3N7OS/c1-37-35-11-3-6-24(17-35)7-12-34(13-8-24)22-15-21(32-23(33-22)18-4-2-9-29-16-18)31-20-14-19(5-10-30-20)36-25(26,27)28/h2,4-5,9-10,14-16H,3,6-8,11-13,17H2,1H3,(H,30,31,32,33). The minimum absolute atomic E-state index is 0.181. The Hall–Kier alpha value is -3.12. The van der Waals surface area contributed by atoms with E-state index in [2.05, 4.69) is 40.5 Å². The number of halogens is 3. The minimum atomic E-state index is -4.79. The van der Waals surface area contributed by atoms with Crippen molar-refractivity contribution in [1.82, 2.24) is 24.2 Å². The molecule has 1 spiro atoms. The number of aromatic nitrogens is 4. The van der Waals surface area contributed by atoms with Crippen LogP contribution in [0.3, 0.4) is 0 Å². The molecule has 1 N–H and O–H groups in total. The maximum absolute atomic E-state index is 12.7. The van der Waals surface area contributed by atoms with Gasteiger partial charge in [-0.1, -0.05) is 11.9 Å². The molecule has 3 aromatic rings. The summed E-state index contributed by atoms with van der Waals surface area (Å²) in [5.74, 6) is 1.47. The van der Waals surface area contributed by atoms with Crippen molar-refractivity contribution < 1.29 is 17.9 Å². The number of hydrogen-bond acceptors (Lipinski definition) is 9. The molecule has 3 aromatic heterocycles. The van der Waals surface area contributed by atoms with Crippen LogP contribution in [0.25, 0.3) is 11.4 Å². The van der Waals surface area contributed by atoms with Crippen LogP contribution in [-0.4, -0.2) is 63.0 Å². The first-order chi connectivity index (χ1) is 17.8. The summed E-state index contributed by atoms with van der Waals surface area (Å²) in [6.07, 6.45) is 6.59. The van der Waals surface area contributed by atoms with Crippen molar-refractivity contribution in [2.75, 3.05) is 42.7 Å². The van der Waals surface area contributed by atoms with Crippen molar-refractivity contribution in [2.24, 2.45) is 5.41 Å². The number of anilines is 3. The van der Waals surface area contributed by atoms with Gasteiger partial charge in [0, 0.05) is 62.5 Å². The summed E-state index contributed by atoms with van der Waals surface area (Å²) in [5.41, 5.74) is 1.08. The van der Waals surface area contributed by atoms with Crippen LogP contribution in [0, 0.1) is 5.41 Å². The molecule has 12 heteroatoms. The summed E-state index contributed by atoms with van der Waals surface area (Å²) in [5, 5.41) is 3.02. The predicted molar refractivity (Wildman–Crippen MR) is 138 cm³/mol. The SMILES string of the molecule is CSN1CCCC2(CCN(c3cc(Nc4cc(OC(F)(F)F)ccn4)nc(-c4cccnc4)n3)CC2)C1. The summed E-state index contributed by atoms with van der Waals surface area (Å²) in [7, 11) is 0. The summed E-state index contributed by atoms with van der Waals surface area (Å²) >= 11 is 1.82. The summed E-state index contributed by atoms with van der Waals surface area (Å²) in [4.78, 5) is 20.0. The van der Waals surface area contributed by atoms with Gasteiger partial charge >= 0.3 is 6.36 Å². The van der Waals surface area contributed by atoms with Gasteiger partial charge < -0.3 is 15.0 Å². The molecule has 0 saturated carbocycles. The fraction of sp³-hybridized carbons (Fsp3) is 0.440. The Morgan fingerprint density at radius 3 is 2.59 bits per heavy atom. The number of alkyl halides is 3. The number of hydrogen-bond donors (Lipinski definition) is 1. The molecule has 2 saturated heterocycles. The van der Waals surface area contributed by atoms with E-state index in [0.29, 0.717) is 17.1 Å². The van der Waals surface area contributed by atoms with E-state index >= 15 is 0 Å². The van der Waals surface area contributed by atoms with Crippen LogP contribution < -0.4 is 15.0 Å². The second kappa shape index (κ2) is 10.7. The lowest BCUT2D eigenvalue weighted by molar-refractivity contribution is -0.274. The number of rotatable bonds is 6. The quantitative estimate of drug-likeness (QED) is 0.413. The highest BCUT2D eigenvalue weighted by Crippen LogP contribution is 2.42. The Bertz CT molecular complexity index is 1210. The van der Waals surface area contributed by atoms with Gasteiger partial charge in [0.25, 0.3) is 0 Å². The molecule has 8 nitrogen and oxygen atoms in total. The van der Waals surface area contributed by atoms with Crippen molar-refractivity contribution >= 4 is 29.4 Å². The third-order valence-electron chi connectivity index (χ3n) is 6.89. The molecule has 2 fully saturated rings. The largest absolute Gasteiger partial charge is 0.573 e. The smallest absolute Gasteiger partial charge is 0.406 e. The second-order valence-electron chi connectivity index (χ2n) is 9.36. The molecule has 0 aromatic carbocycles. The number of nitrogens with zero attached hydrogens (tertiary/aromatic N) is 6. The fourth-order valence-electron chi connectivity index (χ4n) is 5.03. The van der Waals surface area contributed by atoms with Crippen LogP contribution in [0.2, 0.25) is 0 Å². The Morgan fingerprint density at radius 2 is 1.86 bits per heavy atom. The topological polar surface area (TPSA) is 79.3 Å². The molecule has 0 aliphatic carbocycles. The summed E-state index contributed by atoms with van der Waals surface area (Å²) < 4.78 is 44.5. The number of nitrogens with one attached hydrogen (secondary N) is 1.